The van der Waals surface area contributed by atoms with Crippen LogP contribution in [0.3, 0.4) is 0 Å². The monoisotopic (exact) mass is 298 g/mol. The summed E-state index contributed by atoms with van der Waals surface area (Å²) in [6, 6.07) is 6.12. The molecule has 0 aromatic heterocycles. The Balaban J connectivity index is -0.000000399. The van der Waals surface area contributed by atoms with E-state index in [4.69, 9.17) is 19.1 Å². The van der Waals surface area contributed by atoms with E-state index in [0.29, 0.717) is 6.61 Å². The lowest BCUT2D eigenvalue weighted by Gasteiger charge is -2.10. The Morgan fingerprint density at radius 1 is 1.14 bits per heavy atom. The van der Waals surface area contributed by atoms with Gasteiger partial charge in [0.05, 0.1) is 13.7 Å². The molecule has 0 saturated heterocycles. The summed E-state index contributed by atoms with van der Waals surface area (Å²) < 4.78 is 10.7. The van der Waals surface area contributed by atoms with E-state index in [0.717, 1.165) is 30.6 Å². The molecule has 21 heavy (non-hydrogen) atoms. The number of aryl methyl sites for hydroxylation is 1. The van der Waals surface area contributed by atoms with Crippen molar-refractivity contribution in [3.63, 3.8) is 0 Å². The Morgan fingerprint density at radius 2 is 1.67 bits per heavy atom. The van der Waals surface area contributed by atoms with Crippen molar-refractivity contribution >= 4 is 13.1 Å². The van der Waals surface area contributed by atoms with Gasteiger partial charge in [-0.2, -0.15) is 0 Å². The van der Waals surface area contributed by atoms with Crippen molar-refractivity contribution in [1.29, 1.82) is 0 Å². The topological polar surface area (TPSA) is 52.6 Å². The van der Waals surface area contributed by atoms with Crippen LogP contribution >= 0.6 is 0 Å². The molecule has 0 saturated carbocycles. The number of aldehydes is 1. The molecule has 1 aromatic carbocycles. The van der Waals surface area contributed by atoms with Gasteiger partial charge in [-0.05, 0) is 38.0 Å². The van der Waals surface area contributed by atoms with Gasteiger partial charge in [0.15, 0.2) is 11.5 Å². The number of ether oxygens (including phenoxy) is 2. The molecule has 4 nitrogen and oxygen atoms in total. The van der Waals surface area contributed by atoms with E-state index in [1.54, 1.807) is 7.11 Å². The van der Waals surface area contributed by atoms with Crippen molar-refractivity contribution in [1.82, 2.24) is 0 Å². The van der Waals surface area contributed by atoms with Gasteiger partial charge in [0, 0.05) is 0 Å². The fraction of sp³-hybridized carbons (Fsp3) is 0.529. The van der Waals surface area contributed by atoms with Crippen LogP contribution in [0, 0.1) is 0 Å². The zero-order valence-electron chi connectivity index (χ0n) is 14.3. The Morgan fingerprint density at radius 3 is 2.05 bits per heavy atom. The van der Waals surface area contributed by atoms with Crippen LogP contribution < -0.4 is 9.47 Å². The summed E-state index contributed by atoms with van der Waals surface area (Å²) in [5.41, 5.74) is 1.30. The van der Waals surface area contributed by atoms with E-state index >= 15 is 0 Å². The summed E-state index contributed by atoms with van der Waals surface area (Å²) in [5.74, 6) is 1.66. The second kappa shape index (κ2) is 20.5. The van der Waals surface area contributed by atoms with Gasteiger partial charge in [-0.1, -0.05) is 33.3 Å². The maximum atomic E-state index is 8.81. The molecule has 1 aromatic rings. The second-order valence-corrected chi connectivity index (χ2v) is 3.40. The van der Waals surface area contributed by atoms with Crippen molar-refractivity contribution in [2.24, 2.45) is 0 Å². The van der Waals surface area contributed by atoms with Gasteiger partial charge in [-0.3, -0.25) is 0 Å². The van der Waals surface area contributed by atoms with Crippen LogP contribution in [0.1, 0.15) is 46.6 Å². The van der Waals surface area contributed by atoms with Crippen molar-refractivity contribution in [2.75, 3.05) is 13.7 Å². The fourth-order valence-electron chi connectivity index (χ4n) is 1.43. The highest BCUT2D eigenvalue weighted by Gasteiger charge is 2.04. The molecule has 0 spiro atoms. The van der Waals surface area contributed by atoms with Gasteiger partial charge in [-0.25, -0.2) is 0 Å². The smallest absolute Gasteiger partial charge is 0.161 e. The third kappa shape index (κ3) is 12.9. The summed E-state index contributed by atoms with van der Waals surface area (Å²) >= 11 is 0. The van der Waals surface area contributed by atoms with Crippen LogP contribution in [0.25, 0.3) is 0 Å². The standard InChI is InChI=1S/C12H18O2.C2H4O.C2H6.CH2O/c1-4-6-10-7-8-11(13-3)12(9-10)14-5-2;1-2-3;2*1-2/h7-9H,4-6H2,1-3H3;2H,1H3;1-2H3;1H2. The summed E-state index contributed by atoms with van der Waals surface area (Å²) in [7, 11) is 1.66. The molecule has 0 atom stereocenters. The third-order valence-corrected chi connectivity index (χ3v) is 2.07. The van der Waals surface area contributed by atoms with Gasteiger partial charge in [0.25, 0.3) is 0 Å². The summed E-state index contributed by atoms with van der Waals surface area (Å²) in [6.07, 6.45) is 2.99. The number of hydrogen-bond acceptors (Lipinski definition) is 4. The average molecular weight is 298 g/mol. The molecule has 0 aliphatic heterocycles. The van der Waals surface area contributed by atoms with Gasteiger partial charge in [-0.15, -0.1) is 0 Å². The SMILES string of the molecule is C=O.CC.CC=O.CCCc1ccc(OC)c(OCC)c1. The minimum atomic E-state index is 0.673. The lowest BCUT2D eigenvalue weighted by molar-refractivity contribution is -0.106. The highest BCUT2D eigenvalue weighted by Crippen LogP contribution is 2.28. The third-order valence-electron chi connectivity index (χ3n) is 2.07. The minimum absolute atomic E-state index is 0.673. The first-order chi connectivity index (χ1) is 10.2. The summed E-state index contributed by atoms with van der Waals surface area (Å²) in [4.78, 5) is 16.8. The Hall–Kier alpha value is -1.84. The van der Waals surface area contributed by atoms with Crippen molar-refractivity contribution in [3.05, 3.63) is 23.8 Å². The van der Waals surface area contributed by atoms with E-state index in [1.165, 1.54) is 12.5 Å². The quantitative estimate of drug-likeness (QED) is 0.768. The molecule has 1 rings (SSSR count). The number of benzene rings is 1. The molecule has 0 amide bonds. The molecule has 0 fully saturated rings. The van der Waals surface area contributed by atoms with E-state index in [-0.39, 0.29) is 0 Å². The molecule has 0 aliphatic rings. The molecule has 4 heteroatoms. The minimum Gasteiger partial charge on any atom is -0.493 e. The average Bonchev–Trinajstić information content (AvgIpc) is 2.53. The predicted octanol–water partition coefficient (Wildman–Crippen LogP) is 4.09. The zero-order chi connectivity index (χ0) is 17.1. The molecular formula is C17H30O4. The molecule has 0 aliphatic carbocycles. The van der Waals surface area contributed by atoms with E-state index in [2.05, 4.69) is 19.1 Å². The van der Waals surface area contributed by atoms with Crippen molar-refractivity contribution in [3.8, 4) is 11.5 Å². The molecule has 0 bridgehead atoms. The fourth-order valence-corrected chi connectivity index (χ4v) is 1.43. The number of rotatable bonds is 5. The number of methoxy groups -OCH3 is 1. The van der Waals surface area contributed by atoms with E-state index < -0.39 is 0 Å². The molecule has 0 unspecified atom stereocenters. The van der Waals surface area contributed by atoms with Gasteiger partial charge in [0.1, 0.15) is 13.1 Å². The van der Waals surface area contributed by atoms with Crippen molar-refractivity contribution in [2.45, 2.75) is 47.5 Å². The van der Waals surface area contributed by atoms with Gasteiger partial charge < -0.3 is 19.1 Å². The number of hydrogen-bond donors (Lipinski definition) is 0. The summed E-state index contributed by atoms with van der Waals surface area (Å²) in [5, 5.41) is 0. The highest BCUT2D eigenvalue weighted by atomic mass is 16.5. The largest absolute Gasteiger partial charge is 0.493 e. The Kier molecular flexibility index (Phi) is 23.6. The maximum absolute atomic E-state index is 8.81. The zero-order valence-corrected chi connectivity index (χ0v) is 14.3. The maximum Gasteiger partial charge on any atom is 0.161 e. The number of carbonyl (C=O) groups excluding carboxylic acids is 2. The second-order valence-electron chi connectivity index (χ2n) is 3.40. The van der Waals surface area contributed by atoms with Crippen LogP contribution in [-0.2, 0) is 16.0 Å². The highest BCUT2D eigenvalue weighted by molar-refractivity contribution is 5.44. The lowest BCUT2D eigenvalue weighted by atomic mass is 10.1. The van der Waals surface area contributed by atoms with Gasteiger partial charge in [0.2, 0.25) is 0 Å². The predicted molar refractivity (Wildman–Crippen MR) is 88.4 cm³/mol. The van der Waals surface area contributed by atoms with Crippen LogP contribution in [-0.4, -0.2) is 26.8 Å². The Labute approximate surface area is 129 Å². The van der Waals surface area contributed by atoms with E-state index in [1.807, 2.05) is 33.6 Å². The molecule has 0 heterocycles. The molecular weight excluding hydrogens is 268 g/mol. The van der Waals surface area contributed by atoms with Crippen LogP contribution in [0.15, 0.2) is 18.2 Å². The molecule has 0 radical (unpaired) electrons. The normalized spacial score (nSPS) is 7.71. The van der Waals surface area contributed by atoms with Gasteiger partial charge >= 0.3 is 0 Å². The Bertz CT molecular complexity index is 338. The van der Waals surface area contributed by atoms with Crippen LogP contribution in [0.4, 0.5) is 0 Å². The lowest BCUT2D eigenvalue weighted by Crippen LogP contribution is -1.96. The van der Waals surface area contributed by atoms with Crippen molar-refractivity contribution < 1.29 is 19.1 Å². The first-order valence-electron chi connectivity index (χ1n) is 7.21. The van der Waals surface area contributed by atoms with Crippen LogP contribution in [0.5, 0.6) is 11.5 Å². The first kappa shape index (κ1) is 24.2. The summed E-state index contributed by atoms with van der Waals surface area (Å²) in [6.45, 7) is 12.3. The van der Waals surface area contributed by atoms with Crippen LogP contribution in [0.2, 0.25) is 0 Å². The number of carbonyl (C=O) groups is 2. The van der Waals surface area contributed by atoms with E-state index in [9.17, 15) is 0 Å². The molecule has 0 N–H and O–H groups in total. The first-order valence-corrected chi connectivity index (χ1v) is 7.21. The molecule has 122 valence electrons.